The number of aryl methyl sites for hydroxylation is 1. The Labute approximate surface area is 112 Å². The number of hydrogen-bond acceptors (Lipinski definition) is 3. The number of nitrogen functional groups attached to an aromatic ring is 1. The molecule has 4 nitrogen and oxygen atoms in total. The second kappa shape index (κ2) is 5.31. The molecule has 0 amide bonds. The molecule has 2 aromatic rings. The van der Waals surface area contributed by atoms with Gasteiger partial charge in [0, 0.05) is 37.6 Å². The SMILES string of the molecule is Cc1nccn1CCN(C)c1cc(Cl)ccc1N. The van der Waals surface area contributed by atoms with Crippen LogP contribution in [0.25, 0.3) is 0 Å². The molecule has 0 atom stereocenters. The monoisotopic (exact) mass is 264 g/mol. The van der Waals surface area contributed by atoms with E-state index in [2.05, 4.69) is 14.5 Å². The van der Waals surface area contributed by atoms with Crippen LogP contribution in [0.2, 0.25) is 5.02 Å². The van der Waals surface area contributed by atoms with E-state index in [1.165, 1.54) is 0 Å². The summed E-state index contributed by atoms with van der Waals surface area (Å²) in [5.74, 6) is 1.02. The van der Waals surface area contributed by atoms with E-state index in [0.717, 1.165) is 30.3 Å². The average molecular weight is 265 g/mol. The van der Waals surface area contributed by atoms with Crippen molar-refractivity contribution in [3.63, 3.8) is 0 Å². The molecule has 0 aliphatic rings. The van der Waals surface area contributed by atoms with Gasteiger partial charge >= 0.3 is 0 Å². The highest BCUT2D eigenvalue weighted by molar-refractivity contribution is 6.31. The van der Waals surface area contributed by atoms with Crippen LogP contribution in [-0.2, 0) is 6.54 Å². The summed E-state index contributed by atoms with van der Waals surface area (Å²) in [5.41, 5.74) is 7.65. The third-order valence-corrected chi connectivity index (χ3v) is 3.24. The van der Waals surface area contributed by atoms with Crippen molar-refractivity contribution < 1.29 is 0 Å². The zero-order valence-corrected chi connectivity index (χ0v) is 11.4. The second-order valence-corrected chi connectivity index (χ2v) is 4.73. The van der Waals surface area contributed by atoms with Crippen molar-refractivity contribution in [1.29, 1.82) is 0 Å². The Bertz CT molecular complexity index is 536. The summed E-state index contributed by atoms with van der Waals surface area (Å²) in [6.07, 6.45) is 3.79. The molecule has 0 bridgehead atoms. The van der Waals surface area contributed by atoms with Crippen molar-refractivity contribution in [3.05, 3.63) is 41.4 Å². The fraction of sp³-hybridized carbons (Fsp3) is 0.308. The fourth-order valence-corrected chi connectivity index (χ4v) is 2.03. The Kier molecular flexibility index (Phi) is 3.77. The van der Waals surface area contributed by atoms with Gasteiger partial charge in [0.1, 0.15) is 5.82 Å². The lowest BCUT2D eigenvalue weighted by Gasteiger charge is -2.21. The van der Waals surface area contributed by atoms with E-state index in [9.17, 15) is 0 Å². The predicted molar refractivity (Wildman–Crippen MR) is 76.1 cm³/mol. The number of benzene rings is 1. The van der Waals surface area contributed by atoms with Crippen LogP contribution < -0.4 is 10.6 Å². The Hall–Kier alpha value is -1.68. The summed E-state index contributed by atoms with van der Waals surface area (Å²) in [7, 11) is 2.01. The topological polar surface area (TPSA) is 47.1 Å². The smallest absolute Gasteiger partial charge is 0.105 e. The molecule has 96 valence electrons. The van der Waals surface area contributed by atoms with E-state index in [-0.39, 0.29) is 0 Å². The lowest BCUT2D eigenvalue weighted by molar-refractivity contribution is 0.665. The molecule has 18 heavy (non-hydrogen) atoms. The van der Waals surface area contributed by atoms with Crippen LogP contribution in [-0.4, -0.2) is 23.1 Å². The molecular weight excluding hydrogens is 248 g/mol. The highest BCUT2D eigenvalue weighted by Crippen LogP contribution is 2.25. The summed E-state index contributed by atoms with van der Waals surface area (Å²) < 4.78 is 2.11. The molecule has 0 unspecified atom stereocenters. The van der Waals surface area contributed by atoms with Gasteiger partial charge in [-0.3, -0.25) is 0 Å². The van der Waals surface area contributed by atoms with E-state index in [1.807, 2.05) is 38.5 Å². The third-order valence-electron chi connectivity index (χ3n) is 3.00. The Morgan fingerprint density at radius 2 is 2.22 bits per heavy atom. The number of nitrogens with zero attached hydrogens (tertiary/aromatic N) is 3. The number of hydrogen-bond donors (Lipinski definition) is 1. The van der Waals surface area contributed by atoms with Gasteiger partial charge < -0.3 is 15.2 Å². The molecular formula is C13H17ClN4. The van der Waals surface area contributed by atoms with Crippen LogP contribution in [0, 0.1) is 6.92 Å². The molecule has 1 aromatic carbocycles. The molecule has 0 radical (unpaired) electrons. The van der Waals surface area contributed by atoms with Crippen molar-refractivity contribution in [3.8, 4) is 0 Å². The highest BCUT2D eigenvalue weighted by atomic mass is 35.5. The third kappa shape index (κ3) is 2.76. The number of aromatic nitrogens is 2. The first-order valence-electron chi connectivity index (χ1n) is 5.82. The molecule has 5 heteroatoms. The van der Waals surface area contributed by atoms with Crippen molar-refractivity contribution >= 4 is 23.0 Å². The second-order valence-electron chi connectivity index (χ2n) is 4.29. The number of halogens is 1. The maximum absolute atomic E-state index is 5.99. The molecule has 0 saturated heterocycles. The average Bonchev–Trinajstić information content (AvgIpc) is 2.75. The first-order chi connectivity index (χ1) is 8.58. The van der Waals surface area contributed by atoms with Gasteiger partial charge in [0.05, 0.1) is 11.4 Å². The summed E-state index contributed by atoms with van der Waals surface area (Å²) in [6, 6.07) is 5.52. The van der Waals surface area contributed by atoms with Gasteiger partial charge in [-0.2, -0.15) is 0 Å². The zero-order valence-electron chi connectivity index (χ0n) is 10.6. The predicted octanol–water partition coefficient (Wildman–Crippen LogP) is 2.56. The Morgan fingerprint density at radius 1 is 1.44 bits per heavy atom. The Balaban J connectivity index is 2.06. The number of rotatable bonds is 4. The molecule has 2 N–H and O–H groups in total. The van der Waals surface area contributed by atoms with Gasteiger partial charge in [-0.1, -0.05) is 11.6 Å². The fourth-order valence-electron chi connectivity index (χ4n) is 1.87. The van der Waals surface area contributed by atoms with Gasteiger partial charge in [-0.15, -0.1) is 0 Å². The maximum atomic E-state index is 5.99. The number of likely N-dealkylation sites (N-methyl/N-ethyl adjacent to an activating group) is 1. The van der Waals surface area contributed by atoms with Gasteiger partial charge in [0.15, 0.2) is 0 Å². The minimum Gasteiger partial charge on any atom is -0.397 e. The highest BCUT2D eigenvalue weighted by Gasteiger charge is 2.06. The molecule has 0 fully saturated rings. The lowest BCUT2D eigenvalue weighted by atomic mass is 10.2. The normalized spacial score (nSPS) is 10.6. The standard InChI is InChI=1S/C13H17ClN4/c1-10-16-5-6-18(10)8-7-17(2)13-9-11(14)3-4-12(13)15/h3-6,9H,7-8,15H2,1-2H3. The van der Waals surface area contributed by atoms with E-state index in [4.69, 9.17) is 17.3 Å². The van der Waals surface area contributed by atoms with Crippen LogP contribution in [0.1, 0.15) is 5.82 Å². The van der Waals surface area contributed by atoms with Crippen LogP contribution in [0.4, 0.5) is 11.4 Å². The van der Waals surface area contributed by atoms with Crippen molar-refractivity contribution in [1.82, 2.24) is 9.55 Å². The number of nitrogens with two attached hydrogens (primary N) is 1. The summed E-state index contributed by atoms with van der Waals surface area (Å²) in [5, 5.41) is 0.699. The van der Waals surface area contributed by atoms with Gasteiger partial charge in [0.25, 0.3) is 0 Å². The largest absolute Gasteiger partial charge is 0.397 e. The van der Waals surface area contributed by atoms with Crippen LogP contribution >= 0.6 is 11.6 Å². The summed E-state index contributed by atoms with van der Waals surface area (Å²) in [6.45, 7) is 3.71. The molecule has 0 aliphatic carbocycles. The molecule has 0 saturated carbocycles. The van der Waals surface area contributed by atoms with Crippen LogP contribution in [0.3, 0.4) is 0 Å². The lowest BCUT2D eigenvalue weighted by Crippen LogP contribution is -2.23. The minimum atomic E-state index is 0.699. The molecule has 0 spiro atoms. The van der Waals surface area contributed by atoms with Crippen molar-refractivity contribution in [2.45, 2.75) is 13.5 Å². The van der Waals surface area contributed by atoms with Crippen LogP contribution in [0.15, 0.2) is 30.6 Å². The van der Waals surface area contributed by atoms with Crippen LogP contribution in [0.5, 0.6) is 0 Å². The molecule has 1 aromatic heterocycles. The molecule has 1 heterocycles. The van der Waals surface area contributed by atoms with E-state index < -0.39 is 0 Å². The zero-order chi connectivity index (χ0) is 13.1. The number of imidazole rings is 1. The molecule has 0 aliphatic heterocycles. The van der Waals surface area contributed by atoms with Gasteiger partial charge in [-0.05, 0) is 25.1 Å². The first-order valence-corrected chi connectivity index (χ1v) is 6.19. The Morgan fingerprint density at radius 3 is 2.89 bits per heavy atom. The summed E-state index contributed by atoms with van der Waals surface area (Å²) >= 11 is 5.99. The van der Waals surface area contributed by atoms with E-state index in [1.54, 1.807) is 6.07 Å². The van der Waals surface area contributed by atoms with Crippen molar-refractivity contribution in [2.75, 3.05) is 24.2 Å². The van der Waals surface area contributed by atoms with Gasteiger partial charge in [0.2, 0.25) is 0 Å². The quantitative estimate of drug-likeness (QED) is 0.864. The summed E-state index contributed by atoms with van der Waals surface area (Å²) in [4.78, 5) is 6.30. The maximum Gasteiger partial charge on any atom is 0.105 e. The molecule has 2 rings (SSSR count). The minimum absolute atomic E-state index is 0.699. The van der Waals surface area contributed by atoms with Crippen molar-refractivity contribution in [2.24, 2.45) is 0 Å². The van der Waals surface area contributed by atoms with E-state index >= 15 is 0 Å². The number of anilines is 2. The van der Waals surface area contributed by atoms with Gasteiger partial charge in [-0.25, -0.2) is 4.98 Å². The van der Waals surface area contributed by atoms with E-state index in [0.29, 0.717) is 5.02 Å². The first kappa shape index (κ1) is 12.8.